The lowest BCUT2D eigenvalue weighted by molar-refractivity contribution is -0.190. The molecule has 1 aliphatic rings. The van der Waals surface area contributed by atoms with Gasteiger partial charge < -0.3 is 10.1 Å². The lowest BCUT2D eigenvalue weighted by Gasteiger charge is -2.34. The Labute approximate surface area is 155 Å². The summed E-state index contributed by atoms with van der Waals surface area (Å²) in [6, 6.07) is -0.410. The van der Waals surface area contributed by atoms with Crippen LogP contribution in [0.1, 0.15) is 44.3 Å². The van der Waals surface area contributed by atoms with E-state index in [1.165, 1.54) is 0 Å². The van der Waals surface area contributed by atoms with Crippen LogP contribution in [-0.4, -0.2) is 40.5 Å². The molecule has 2 atom stereocenters. The summed E-state index contributed by atoms with van der Waals surface area (Å²) in [6.07, 6.45) is -10.9. The first-order valence-corrected chi connectivity index (χ1v) is 8.36. The molecule has 0 radical (unpaired) electrons. The fourth-order valence-corrected chi connectivity index (χ4v) is 2.73. The minimum absolute atomic E-state index is 0.174. The molecule has 1 heterocycles. The number of carbonyl (C=O) groups is 1. The molecule has 1 unspecified atom stereocenters. The molecule has 0 aromatic carbocycles. The van der Waals surface area contributed by atoms with Crippen molar-refractivity contribution in [3.05, 3.63) is 18.1 Å². The molecular weight excluding hydrogens is 399 g/mol. The first kappa shape index (κ1) is 22.2. The van der Waals surface area contributed by atoms with Crippen molar-refractivity contribution in [3.63, 3.8) is 0 Å². The number of hydrogen-bond donors (Lipinski definition) is 1. The van der Waals surface area contributed by atoms with E-state index < -0.39 is 67.6 Å². The van der Waals surface area contributed by atoms with Crippen LogP contribution >= 0.6 is 0 Å². The maximum Gasteiger partial charge on any atom is 0.425 e. The molecule has 5 nitrogen and oxygen atoms in total. The van der Waals surface area contributed by atoms with Gasteiger partial charge >= 0.3 is 6.18 Å². The number of nitrogens with zero attached hydrogens (tertiary/aromatic N) is 2. The zero-order valence-corrected chi connectivity index (χ0v) is 14.6. The van der Waals surface area contributed by atoms with Crippen molar-refractivity contribution in [3.8, 4) is 5.88 Å². The Morgan fingerprint density at radius 2 is 1.96 bits per heavy atom. The zero-order valence-electron chi connectivity index (χ0n) is 14.6. The fourth-order valence-electron chi connectivity index (χ4n) is 2.73. The highest BCUT2D eigenvalue weighted by Crippen LogP contribution is 2.44. The molecule has 1 N–H and O–H groups in total. The molecule has 1 saturated carbocycles. The van der Waals surface area contributed by atoms with Crippen molar-refractivity contribution >= 4 is 5.91 Å². The Balaban J connectivity index is 2.05. The number of nitrogens with one attached hydrogen (secondary N) is 1. The fraction of sp³-hybridized carbons (Fsp3) is 0.688. The summed E-state index contributed by atoms with van der Waals surface area (Å²) < 4.78 is 93.7. The van der Waals surface area contributed by atoms with Crippen molar-refractivity contribution < 1.29 is 40.3 Å². The molecule has 1 fully saturated rings. The third kappa shape index (κ3) is 6.48. The SMILES string of the molecule is C[C@@H](Oc1cc(C(CC(F)F)NC(=O)CC2CC(F)(F)C2)ncn1)C(F)(F)F. The third-order valence-electron chi connectivity index (χ3n) is 4.18. The largest absolute Gasteiger partial charge is 0.465 e. The van der Waals surface area contributed by atoms with E-state index >= 15 is 0 Å². The lowest BCUT2D eigenvalue weighted by atomic mass is 9.79. The average Bonchev–Trinajstić information content (AvgIpc) is 2.51. The van der Waals surface area contributed by atoms with Gasteiger partial charge in [-0.1, -0.05) is 0 Å². The number of amides is 1. The minimum atomic E-state index is -4.66. The standard InChI is InChI=1S/C16H18F7N3O2/c1-8(16(21,22)23)28-14-4-10(24-7-25-14)11(3-12(17)18)26-13(27)2-9-5-15(19,20)6-9/h4,7-9,11-12H,2-3,5-6H2,1H3,(H,26,27)/t8-,11?/m1/s1. The molecule has 1 aromatic rings. The highest BCUT2D eigenvalue weighted by molar-refractivity contribution is 5.76. The summed E-state index contributed by atoms with van der Waals surface area (Å²) in [4.78, 5) is 19.2. The molecule has 0 aliphatic heterocycles. The molecule has 12 heteroatoms. The van der Waals surface area contributed by atoms with E-state index in [4.69, 9.17) is 0 Å². The molecular formula is C16H18F7N3O2. The van der Waals surface area contributed by atoms with Gasteiger partial charge in [0.15, 0.2) is 6.10 Å². The van der Waals surface area contributed by atoms with E-state index in [9.17, 15) is 35.5 Å². The molecule has 1 aromatic heterocycles. The average molecular weight is 417 g/mol. The number of ether oxygens (including phenoxy) is 1. The molecule has 1 aliphatic carbocycles. The Kier molecular flexibility index (Phi) is 6.71. The van der Waals surface area contributed by atoms with E-state index in [1.807, 2.05) is 0 Å². The normalized spacial score (nSPS) is 19.0. The smallest absolute Gasteiger partial charge is 0.425 e. The number of halogens is 7. The first-order chi connectivity index (χ1) is 12.9. The molecule has 2 rings (SSSR count). The van der Waals surface area contributed by atoms with Gasteiger partial charge in [0.1, 0.15) is 6.33 Å². The van der Waals surface area contributed by atoms with Gasteiger partial charge in [-0.25, -0.2) is 27.5 Å². The van der Waals surface area contributed by atoms with Crippen LogP contribution in [0, 0.1) is 5.92 Å². The molecule has 0 saturated heterocycles. The quantitative estimate of drug-likeness (QED) is 0.649. The highest BCUT2D eigenvalue weighted by Gasteiger charge is 2.45. The number of carbonyl (C=O) groups excluding carboxylic acids is 1. The molecule has 0 spiro atoms. The second-order valence-electron chi connectivity index (χ2n) is 6.66. The van der Waals surface area contributed by atoms with Crippen molar-refractivity contribution in [2.45, 2.75) is 63.3 Å². The van der Waals surface area contributed by atoms with Gasteiger partial charge in [-0.15, -0.1) is 0 Å². The monoisotopic (exact) mass is 417 g/mol. The van der Waals surface area contributed by atoms with E-state index in [0.29, 0.717) is 0 Å². The predicted octanol–water partition coefficient (Wildman–Crippen LogP) is 4.05. The summed E-state index contributed by atoms with van der Waals surface area (Å²) in [7, 11) is 0. The Bertz CT molecular complexity index is 676. The number of aromatic nitrogens is 2. The second kappa shape index (κ2) is 8.48. The van der Waals surface area contributed by atoms with Crippen LogP contribution in [0.3, 0.4) is 0 Å². The van der Waals surface area contributed by atoms with Crippen LogP contribution in [0.5, 0.6) is 5.88 Å². The van der Waals surface area contributed by atoms with E-state index in [-0.39, 0.29) is 12.1 Å². The van der Waals surface area contributed by atoms with Gasteiger partial charge in [0.25, 0.3) is 0 Å². The van der Waals surface area contributed by atoms with Gasteiger partial charge in [0.2, 0.25) is 24.1 Å². The van der Waals surface area contributed by atoms with Crippen LogP contribution in [-0.2, 0) is 4.79 Å². The molecule has 0 bridgehead atoms. The zero-order chi connectivity index (χ0) is 21.1. The lowest BCUT2D eigenvalue weighted by Crippen LogP contribution is -2.39. The predicted molar refractivity (Wildman–Crippen MR) is 82.0 cm³/mol. The van der Waals surface area contributed by atoms with Gasteiger partial charge in [0, 0.05) is 31.7 Å². The van der Waals surface area contributed by atoms with Crippen LogP contribution in [0.15, 0.2) is 12.4 Å². The van der Waals surface area contributed by atoms with Gasteiger partial charge in [-0.2, -0.15) is 13.2 Å². The van der Waals surface area contributed by atoms with Crippen molar-refractivity contribution in [1.82, 2.24) is 15.3 Å². The van der Waals surface area contributed by atoms with Gasteiger partial charge in [-0.05, 0) is 12.8 Å². The third-order valence-corrected chi connectivity index (χ3v) is 4.18. The van der Waals surface area contributed by atoms with Crippen molar-refractivity contribution in [2.24, 2.45) is 5.92 Å². The molecule has 158 valence electrons. The Morgan fingerprint density at radius 1 is 1.32 bits per heavy atom. The highest BCUT2D eigenvalue weighted by atomic mass is 19.4. The summed E-state index contributed by atoms with van der Waals surface area (Å²) in [5.74, 6) is -4.60. The second-order valence-corrected chi connectivity index (χ2v) is 6.66. The van der Waals surface area contributed by atoms with Gasteiger partial charge in [-0.3, -0.25) is 4.79 Å². The number of rotatable bonds is 8. The van der Waals surface area contributed by atoms with E-state index in [1.54, 1.807) is 0 Å². The maximum atomic E-state index is 12.9. The number of hydrogen-bond acceptors (Lipinski definition) is 4. The minimum Gasteiger partial charge on any atom is -0.465 e. The number of alkyl halides is 7. The molecule has 1 amide bonds. The summed E-state index contributed by atoms with van der Waals surface area (Å²) in [5, 5.41) is 2.27. The Morgan fingerprint density at radius 3 is 2.50 bits per heavy atom. The van der Waals surface area contributed by atoms with Crippen LogP contribution in [0.25, 0.3) is 0 Å². The summed E-state index contributed by atoms with van der Waals surface area (Å²) >= 11 is 0. The summed E-state index contributed by atoms with van der Waals surface area (Å²) in [6.45, 7) is 0.745. The Hall–Kier alpha value is -2.14. The van der Waals surface area contributed by atoms with E-state index in [2.05, 4.69) is 20.0 Å². The van der Waals surface area contributed by atoms with Gasteiger partial charge in [0.05, 0.1) is 11.7 Å². The maximum absolute atomic E-state index is 12.9. The first-order valence-electron chi connectivity index (χ1n) is 8.36. The topological polar surface area (TPSA) is 64.1 Å². The summed E-state index contributed by atoms with van der Waals surface area (Å²) in [5.41, 5.74) is -0.174. The van der Waals surface area contributed by atoms with Crippen molar-refractivity contribution in [2.75, 3.05) is 0 Å². The van der Waals surface area contributed by atoms with Crippen LogP contribution in [0.4, 0.5) is 30.7 Å². The van der Waals surface area contributed by atoms with Crippen LogP contribution in [0.2, 0.25) is 0 Å². The van der Waals surface area contributed by atoms with Crippen molar-refractivity contribution in [1.29, 1.82) is 0 Å². The molecule has 28 heavy (non-hydrogen) atoms. The van der Waals surface area contributed by atoms with E-state index in [0.717, 1.165) is 19.3 Å². The van der Waals surface area contributed by atoms with Crippen LogP contribution < -0.4 is 10.1 Å².